The summed E-state index contributed by atoms with van der Waals surface area (Å²) in [4.78, 5) is 4.50. The smallest absolute Gasteiger partial charge is 0.261 e. The summed E-state index contributed by atoms with van der Waals surface area (Å²) in [6.07, 6.45) is 2.83. The molecule has 0 saturated carbocycles. The molecule has 5 rings (SSSR count). The first-order chi connectivity index (χ1) is 22.9. The number of hydrogen-bond donors (Lipinski definition) is 3. The van der Waals surface area contributed by atoms with Crippen molar-refractivity contribution in [2.45, 2.75) is 50.0 Å². The van der Waals surface area contributed by atoms with E-state index in [2.05, 4.69) is 66.0 Å². The molecule has 1 aromatic heterocycles. The van der Waals surface area contributed by atoms with E-state index in [0.717, 1.165) is 20.4 Å². The van der Waals surface area contributed by atoms with Gasteiger partial charge in [0, 0.05) is 16.2 Å². The molecule has 0 saturated heterocycles. The average Bonchev–Trinajstić information content (AvgIpc) is 3.34. The number of halogens is 1. The van der Waals surface area contributed by atoms with Gasteiger partial charge in [0.05, 0.1) is 30.8 Å². The fourth-order valence-electron chi connectivity index (χ4n) is 6.70. The van der Waals surface area contributed by atoms with Gasteiger partial charge in [0.15, 0.2) is 9.84 Å². The molecule has 2 atom stereocenters. The zero-order chi connectivity index (χ0) is 34.5. The summed E-state index contributed by atoms with van der Waals surface area (Å²) < 4.78 is 34.8. The molecule has 3 aromatic carbocycles. The fourth-order valence-corrected chi connectivity index (χ4v) is 13.5. The molecule has 1 aliphatic rings. The predicted octanol–water partition coefficient (Wildman–Crippen LogP) is 5.89. The molecule has 48 heavy (non-hydrogen) atoms. The first-order valence-electron chi connectivity index (χ1n) is 15.9. The molecule has 2 heterocycles. The van der Waals surface area contributed by atoms with Gasteiger partial charge in [0.1, 0.15) is 11.0 Å². The Hall–Kier alpha value is -3.38. The number of sulfone groups is 1. The highest BCUT2D eigenvalue weighted by molar-refractivity contribution is 9.10. The monoisotopic (exact) mass is 747 g/mol. The summed E-state index contributed by atoms with van der Waals surface area (Å²) in [7, 11) is -6.79. The maximum absolute atomic E-state index is 13.4. The zero-order valence-electron chi connectivity index (χ0n) is 27.4. The highest BCUT2D eigenvalue weighted by atomic mass is 79.9. The second-order valence-corrected chi connectivity index (χ2v) is 20.5. The number of phenols is 1. The Kier molecular flexibility index (Phi) is 11.2. The van der Waals surface area contributed by atoms with Crippen molar-refractivity contribution in [1.29, 1.82) is 0 Å². The third-order valence-electron chi connectivity index (χ3n) is 8.97. The molecule has 0 unspecified atom stereocenters. The van der Waals surface area contributed by atoms with Gasteiger partial charge in [0.25, 0.3) is 8.32 Å². The standard InChI is InChI=1S/C38H42BrNO6SSi/c1-38(2,3)48(31-12-6-4-7-13-31,32-14-8-5-9-15-32)46-25-29-26-47(44,45)36(24-41)37(29)35(43)19-17-27(33-16-10-11-21-40-33)22-28-23-30(39)18-20-34(28)42/h4-16,18,20-23,35-36,41-43H,17,19,24-26H2,1-3H3/b27-22-/t35-,36+/m1/s1. The molecule has 0 aliphatic carbocycles. The van der Waals surface area contributed by atoms with Crippen molar-refractivity contribution < 1.29 is 28.2 Å². The molecule has 252 valence electrons. The summed E-state index contributed by atoms with van der Waals surface area (Å²) in [6, 6.07) is 30.9. The molecule has 0 amide bonds. The van der Waals surface area contributed by atoms with Crippen LogP contribution < -0.4 is 10.4 Å². The number of phenolic OH excluding ortho intramolecular Hbond substituents is 1. The third kappa shape index (κ3) is 7.59. The third-order valence-corrected chi connectivity index (χ3v) is 16.5. The van der Waals surface area contributed by atoms with Crippen molar-refractivity contribution in [3.8, 4) is 5.75 Å². The number of pyridine rings is 1. The Bertz CT molecular complexity index is 1840. The van der Waals surface area contributed by atoms with Gasteiger partial charge < -0.3 is 19.7 Å². The molecule has 0 fully saturated rings. The number of nitrogens with zero attached hydrogens (tertiary/aromatic N) is 1. The van der Waals surface area contributed by atoms with Crippen LogP contribution in [0.25, 0.3) is 11.6 Å². The Labute approximate surface area is 292 Å². The number of aliphatic hydroxyl groups is 2. The molecule has 7 nitrogen and oxygen atoms in total. The van der Waals surface area contributed by atoms with Gasteiger partial charge >= 0.3 is 0 Å². The number of rotatable bonds is 12. The number of aliphatic hydroxyl groups excluding tert-OH is 2. The number of allylic oxidation sites excluding steroid dienone is 1. The lowest BCUT2D eigenvalue weighted by molar-refractivity contribution is 0.188. The van der Waals surface area contributed by atoms with E-state index in [-0.39, 0.29) is 29.6 Å². The molecule has 0 radical (unpaired) electrons. The van der Waals surface area contributed by atoms with E-state index >= 15 is 0 Å². The van der Waals surface area contributed by atoms with E-state index in [0.29, 0.717) is 28.8 Å². The fraction of sp³-hybridized carbons (Fsp3) is 0.289. The number of aromatic hydroxyl groups is 1. The minimum absolute atomic E-state index is 0.00422. The van der Waals surface area contributed by atoms with Gasteiger partial charge in [-0.25, -0.2) is 8.42 Å². The number of hydrogen-bond acceptors (Lipinski definition) is 7. The normalized spacial score (nSPS) is 17.5. The summed E-state index contributed by atoms with van der Waals surface area (Å²) in [6.45, 7) is 5.83. The first kappa shape index (κ1) is 35.9. The predicted molar refractivity (Wildman–Crippen MR) is 198 cm³/mol. The van der Waals surface area contributed by atoms with Crippen LogP contribution in [-0.2, 0) is 14.3 Å². The lowest BCUT2D eigenvalue weighted by Gasteiger charge is -2.43. The second kappa shape index (κ2) is 15.0. The lowest BCUT2D eigenvalue weighted by atomic mass is 9.94. The summed E-state index contributed by atoms with van der Waals surface area (Å²) in [5, 5.41) is 33.2. The quantitative estimate of drug-likeness (QED) is 0.122. The van der Waals surface area contributed by atoms with Crippen molar-refractivity contribution >= 4 is 56.1 Å². The van der Waals surface area contributed by atoms with Gasteiger partial charge in [-0.3, -0.25) is 4.98 Å². The lowest BCUT2D eigenvalue weighted by Crippen LogP contribution is -2.66. The van der Waals surface area contributed by atoms with Gasteiger partial charge in [-0.05, 0) is 81.4 Å². The SMILES string of the molecule is CC(C)(C)[Si](OCC1=C([C@H](O)CC/C(=C/c2cc(Br)ccc2O)c2ccccn2)[C@H](CO)S(=O)(=O)C1)(c1ccccc1)c1ccccc1. The van der Waals surface area contributed by atoms with E-state index < -0.39 is 36.1 Å². The Morgan fingerprint density at radius 3 is 2.19 bits per heavy atom. The summed E-state index contributed by atoms with van der Waals surface area (Å²) in [5.74, 6) is -0.197. The van der Waals surface area contributed by atoms with Crippen LogP contribution in [0.15, 0.2) is 119 Å². The van der Waals surface area contributed by atoms with E-state index in [9.17, 15) is 23.7 Å². The molecule has 0 spiro atoms. The summed E-state index contributed by atoms with van der Waals surface area (Å²) in [5.41, 5.74) is 2.81. The van der Waals surface area contributed by atoms with Crippen molar-refractivity contribution in [3.63, 3.8) is 0 Å². The number of aromatic nitrogens is 1. The van der Waals surface area contributed by atoms with E-state index in [1.54, 1.807) is 24.4 Å². The largest absolute Gasteiger partial charge is 0.507 e. The molecular weight excluding hydrogens is 706 g/mol. The zero-order valence-corrected chi connectivity index (χ0v) is 30.8. The summed E-state index contributed by atoms with van der Waals surface area (Å²) >= 11 is 3.46. The van der Waals surface area contributed by atoms with Crippen molar-refractivity contribution in [3.05, 3.63) is 130 Å². The van der Waals surface area contributed by atoms with Crippen LogP contribution in [0.4, 0.5) is 0 Å². The van der Waals surface area contributed by atoms with E-state index in [1.165, 1.54) is 0 Å². The van der Waals surface area contributed by atoms with E-state index in [4.69, 9.17) is 4.43 Å². The highest BCUT2D eigenvalue weighted by Crippen LogP contribution is 2.39. The highest BCUT2D eigenvalue weighted by Gasteiger charge is 2.51. The van der Waals surface area contributed by atoms with E-state index in [1.807, 2.05) is 60.7 Å². The minimum Gasteiger partial charge on any atom is -0.507 e. The van der Waals surface area contributed by atoms with Gasteiger partial charge in [-0.1, -0.05) is 103 Å². The van der Waals surface area contributed by atoms with Gasteiger partial charge in [-0.15, -0.1) is 0 Å². The van der Waals surface area contributed by atoms with Crippen LogP contribution in [0.5, 0.6) is 5.75 Å². The minimum atomic E-state index is -3.78. The Morgan fingerprint density at radius 2 is 1.62 bits per heavy atom. The van der Waals surface area contributed by atoms with Crippen molar-refractivity contribution in [2.75, 3.05) is 19.0 Å². The number of benzene rings is 3. The molecule has 4 aromatic rings. The molecular formula is C38H42BrNO6SSi. The maximum atomic E-state index is 13.4. The Balaban J connectivity index is 1.52. The van der Waals surface area contributed by atoms with Crippen molar-refractivity contribution in [2.24, 2.45) is 0 Å². The van der Waals surface area contributed by atoms with Crippen molar-refractivity contribution in [1.82, 2.24) is 4.98 Å². The Morgan fingerprint density at radius 1 is 1.00 bits per heavy atom. The second-order valence-electron chi connectivity index (χ2n) is 13.1. The molecule has 1 aliphatic heterocycles. The topological polar surface area (TPSA) is 117 Å². The van der Waals surface area contributed by atoms with Crippen LogP contribution in [0, 0.1) is 0 Å². The van der Waals surface area contributed by atoms with Gasteiger partial charge in [-0.2, -0.15) is 0 Å². The molecule has 3 N–H and O–H groups in total. The van der Waals surface area contributed by atoms with Crippen LogP contribution >= 0.6 is 15.9 Å². The maximum Gasteiger partial charge on any atom is 0.261 e. The average molecular weight is 749 g/mol. The van der Waals surface area contributed by atoms with Crippen LogP contribution in [0.1, 0.15) is 44.9 Å². The molecule has 10 heteroatoms. The van der Waals surface area contributed by atoms with Crippen LogP contribution in [0.2, 0.25) is 5.04 Å². The molecule has 0 bridgehead atoms. The first-order valence-corrected chi connectivity index (χ1v) is 20.4. The van der Waals surface area contributed by atoms with Crippen LogP contribution in [0.3, 0.4) is 0 Å². The van der Waals surface area contributed by atoms with Crippen LogP contribution in [-0.4, -0.2) is 67.4 Å². The van der Waals surface area contributed by atoms with Gasteiger partial charge in [0.2, 0.25) is 0 Å².